The molecule has 1 aliphatic rings. The molecule has 2 aromatic carbocycles. The Bertz CT molecular complexity index is 975. The molecule has 0 unspecified atom stereocenters. The van der Waals surface area contributed by atoms with Gasteiger partial charge < -0.3 is 19.4 Å². The second-order valence-corrected chi connectivity index (χ2v) is 6.70. The number of hydrogen-bond acceptors (Lipinski definition) is 3. The predicted molar refractivity (Wildman–Crippen MR) is 100 cm³/mol. The normalized spacial score (nSPS) is 12.5. The fraction of sp³-hybridized carbons (Fsp3) is 0.286. The summed E-state index contributed by atoms with van der Waals surface area (Å²) >= 11 is 0. The third kappa shape index (κ3) is 3.25. The van der Waals surface area contributed by atoms with E-state index in [0.29, 0.717) is 19.4 Å². The molecular formula is C21H22N2O3. The molecular weight excluding hydrogens is 328 g/mol. The number of ether oxygens (including phenoxy) is 2. The number of rotatable bonds is 5. The molecule has 0 radical (unpaired) electrons. The zero-order valence-electron chi connectivity index (χ0n) is 15.0. The van der Waals surface area contributed by atoms with Crippen LogP contribution in [0.15, 0.2) is 42.5 Å². The lowest BCUT2D eigenvalue weighted by Gasteiger charge is -2.07. The Labute approximate surface area is 152 Å². The number of hydrogen-bond donors (Lipinski definition) is 1. The second kappa shape index (κ2) is 6.75. The fourth-order valence-corrected chi connectivity index (χ4v) is 3.29. The van der Waals surface area contributed by atoms with Gasteiger partial charge in [0.1, 0.15) is 0 Å². The molecule has 1 N–H and O–H groups in total. The van der Waals surface area contributed by atoms with Gasteiger partial charge in [-0.15, -0.1) is 0 Å². The van der Waals surface area contributed by atoms with Crippen molar-refractivity contribution in [2.75, 3.05) is 6.79 Å². The summed E-state index contributed by atoms with van der Waals surface area (Å²) in [6, 6.07) is 14.3. The Kier molecular flexibility index (Phi) is 4.29. The van der Waals surface area contributed by atoms with Crippen molar-refractivity contribution < 1.29 is 14.3 Å². The molecule has 2 heterocycles. The molecule has 0 bridgehead atoms. The SMILES string of the molecule is Cc1cc2cc(CNC(=O)CCc3ccc4c(c3)OCO4)ccc2n1C. The Morgan fingerprint density at radius 1 is 1.08 bits per heavy atom. The summed E-state index contributed by atoms with van der Waals surface area (Å²) in [6.07, 6.45) is 1.13. The van der Waals surface area contributed by atoms with E-state index in [9.17, 15) is 4.79 Å². The van der Waals surface area contributed by atoms with E-state index in [1.807, 2.05) is 18.2 Å². The van der Waals surface area contributed by atoms with Gasteiger partial charge in [0.25, 0.3) is 0 Å². The van der Waals surface area contributed by atoms with Gasteiger partial charge in [0.2, 0.25) is 12.7 Å². The first-order valence-corrected chi connectivity index (χ1v) is 8.80. The number of fused-ring (bicyclic) bond motifs is 2. The highest BCUT2D eigenvalue weighted by molar-refractivity contribution is 5.82. The van der Waals surface area contributed by atoms with Gasteiger partial charge in [0, 0.05) is 36.6 Å². The lowest BCUT2D eigenvalue weighted by atomic mass is 10.1. The van der Waals surface area contributed by atoms with E-state index >= 15 is 0 Å². The largest absolute Gasteiger partial charge is 0.454 e. The molecule has 4 rings (SSSR count). The average Bonchev–Trinajstić information content (AvgIpc) is 3.22. The van der Waals surface area contributed by atoms with Crippen molar-refractivity contribution in [2.45, 2.75) is 26.3 Å². The van der Waals surface area contributed by atoms with E-state index in [2.05, 4.69) is 48.1 Å². The number of carbonyl (C=O) groups excluding carboxylic acids is 1. The molecule has 26 heavy (non-hydrogen) atoms. The second-order valence-electron chi connectivity index (χ2n) is 6.70. The minimum Gasteiger partial charge on any atom is -0.454 e. The molecule has 1 amide bonds. The molecule has 1 aromatic heterocycles. The van der Waals surface area contributed by atoms with Crippen LogP contribution in [-0.2, 0) is 24.8 Å². The van der Waals surface area contributed by atoms with Crippen LogP contribution in [-0.4, -0.2) is 17.3 Å². The number of amides is 1. The van der Waals surface area contributed by atoms with Crippen molar-refractivity contribution in [3.05, 3.63) is 59.3 Å². The van der Waals surface area contributed by atoms with Gasteiger partial charge in [-0.3, -0.25) is 4.79 Å². The first kappa shape index (κ1) is 16.5. The molecule has 0 spiro atoms. The van der Waals surface area contributed by atoms with Gasteiger partial charge >= 0.3 is 0 Å². The standard InChI is InChI=1S/C21H22N2O3/c1-14-9-17-10-16(3-6-18(17)23(14)2)12-22-21(24)8-5-15-4-7-19-20(11-15)26-13-25-19/h3-4,6-7,9-11H,5,8,12-13H2,1-2H3,(H,22,24). The maximum absolute atomic E-state index is 12.2. The summed E-state index contributed by atoms with van der Waals surface area (Å²) in [5, 5.41) is 4.21. The third-order valence-electron chi connectivity index (χ3n) is 4.91. The van der Waals surface area contributed by atoms with Crippen molar-refractivity contribution in [3.8, 4) is 11.5 Å². The highest BCUT2D eigenvalue weighted by Crippen LogP contribution is 2.32. The summed E-state index contributed by atoms with van der Waals surface area (Å²) in [4.78, 5) is 12.2. The average molecular weight is 350 g/mol. The molecule has 1 aliphatic heterocycles. The van der Waals surface area contributed by atoms with E-state index in [1.165, 1.54) is 16.6 Å². The third-order valence-corrected chi connectivity index (χ3v) is 4.91. The van der Waals surface area contributed by atoms with Crippen LogP contribution in [0, 0.1) is 6.92 Å². The quantitative estimate of drug-likeness (QED) is 0.767. The number of nitrogens with zero attached hydrogens (tertiary/aromatic N) is 1. The van der Waals surface area contributed by atoms with Gasteiger partial charge in [-0.2, -0.15) is 0 Å². The molecule has 5 heteroatoms. The molecule has 0 atom stereocenters. The van der Waals surface area contributed by atoms with Crippen LogP contribution in [0.2, 0.25) is 0 Å². The molecule has 0 fully saturated rings. The summed E-state index contributed by atoms with van der Waals surface area (Å²) in [5.74, 6) is 1.58. The molecule has 0 saturated carbocycles. The number of aryl methyl sites for hydroxylation is 3. The van der Waals surface area contributed by atoms with Gasteiger partial charge in [0.05, 0.1) is 0 Å². The van der Waals surface area contributed by atoms with Crippen LogP contribution in [0.3, 0.4) is 0 Å². The van der Waals surface area contributed by atoms with Crippen LogP contribution in [0.25, 0.3) is 10.9 Å². The topological polar surface area (TPSA) is 52.5 Å². The van der Waals surface area contributed by atoms with E-state index in [0.717, 1.165) is 22.6 Å². The van der Waals surface area contributed by atoms with Gasteiger partial charge in [-0.05, 0) is 54.8 Å². The predicted octanol–water partition coefficient (Wildman–Crippen LogP) is 3.46. The zero-order chi connectivity index (χ0) is 18.1. The van der Waals surface area contributed by atoms with Crippen LogP contribution in [0.5, 0.6) is 11.5 Å². The first-order chi connectivity index (χ1) is 12.6. The lowest BCUT2D eigenvalue weighted by Crippen LogP contribution is -2.22. The van der Waals surface area contributed by atoms with Crippen molar-refractivity contribution in [1.82, 2.24) is 9.88 Å². The van der Waals surface area contributed by atoms with Crippen molar-refractivity contribution in [2.24, 2.45) is 7.05 Å². The van der Waals surface area contributed by atoms with Crippen LogP contribution in [0.4, 0.5) is 0 Å². The number of benzene rings is 2. The zero-order valence-corrected chi connectivity index (χ0v) is 15.0. The number of aromatic nitrogens is 1. The number of nitrogens with one attached hydrogen (secondary N) is 1. The van der Waals surface area contributed by atoms with E-state index < -0.39 is 0 Å². The Morgan fingerprint density at radius 2 is 1.88 bits per heavy atom. The highest BCUT2D eigenvalue weighted by Gasteiger charge is 2.13. The minimum atomic E-state index is 0.0482. The van der Waals surface area contributed by atoms with E-state index in [-0.39, 0.29) is 12.7 Å². The Morgan fingerprint density at radius 3 is 2.77 bits per heavy atom. The molecule has 5 nitrogen and oxygen atoms in total. The lowest BCUT2D eigenvalue weighted by molar-refractivity contribution is -0.121. The summed E-state index contributed by atoms with van der Waals surface area (Å²) in [6.45, 7) is 2.91. The van der Waals surface area contributed by atoms with E-state index in [4.69, 9.17) is 9.47 Å². The smallest absolute Gasteiger partial charge is 0.231 e. The Balaban J connectivity index is 1.32. The minimum absolute atomic E-state index is 0.0482. The summed E-state index contributed by atoms with van der Waals surface area (Å²) < 4.78 is 12.8. The molecule has 3 aromatic rings. The van der Waals surface area contributed by atoms with E-state index in [1.54, 1.807) is 0 Å². The van der Waals surface area contributed by atoms with Crippen molar-refractivity contribution >= 4 is 16.8 Å². The molecule has 0 saturated heterocycles. The monoisotopic (exact) mass is 350 g/mol. The molecule has 0 aliphatic carbocycles. The van der Waals surface area contributed by atoms with Gasteiger partial charge in [-0.1, -0.05) is 12.1 Å². The maximum Gasteiger partial charge on any atom is 0.231 e. The number of carbonyl (C=O) groups is 1. The molecule has 134 valence electrons. The van der Waals surface area contributed by atoms with Crippen molar-refractivity contribution in [1.29, 1.82) is 0 Å². The van der Waals surface area contributed by atoms with Crippen molar-refractivity contribution in [3.63, 3.8) is 0 Å². The summed E-state index contributed by atoms with van der Waals surface area (Å²) in [5.41, 5.74) is 4.62. The highest BCUT2D eigenvalue weighted by atomic mass is 16.7. The van der Waals surface area contributed by atoms with Gasteiger partial charge in [-0.25, -0.2) is 0 Å². The Hall–Kier alpha value is -2.95. The fourth-order valence-electron chi connectivity index (χ4n) is 3.29. The van der Waals surface area contributed by atoms with Crippen LogP contribution >= 0.6 is 0 Å². The first-order valence-electron chi connectivity index (χ1n) is 8.80. The van der Waals surface area contributed by atoms with Gasteiger partial charge in [0.15, 0.2) is 11.5 Å². The maximum atomic E-state index is 12.2. The van der Waals surface area contributed by atoms with Crippen LogP contribution < -0.4 is 14.8 Å². The van der Waals surface area contributed by atoms with Crippen LogP contribution in [0.1, 0.15) is 23.2 Å². The summed E-state index contributed by atoms with van der Waals surface area (Å²) in [7, 11) is 2.06.